The summed E-state index contributed by atoms with van der Waals surface area (Å²) in [6.45, 7) is 4.50. The Bertz CT molecular complexity index is 1890. The fraction of sp³-hybridized carbons (Fsp3) is 0.0882. The van der Waals surface area contributed by atoms with Crippen LogP contribution in [-0.2, 0) is 15.3 Å². The van der Waals surface area contributed by atoms with Crippen molar-refractivity contribution in [1.29, 1.82) is 0 Å². The molecule has 0 saturated heterocycles. The zero-order chi connectivity index (χ0) is 26.9. The highest BCUT2D eigenvalue weighted by Crippen LogP contribution is 2.53. The molecule has 2 aliphatic rings. The summed E-state index contributed by atoms with van der Waals surface area (Å²) >= 11 is 0. The zero-order valence-corrected chi connectivity index (χ0v) is 22.4. The van der Waals surface area contributed by atoms with Gasteiger partial charge in [-0.1, -0.05) is 86.6 Å². The zero-order valence-electron chi connectivity index (χ0n) is 21.5. The van der Waals surface area contributed by atoms with Crippen molar-refractivity contribution in [1.82, 2.24) is 0 Å². The molecule has 0 aromatic heterocycles. The molecular weight excluding hydrogens is 502 g/mol. The molecular formula is C34H25NO3S. The highest BCUT2D eigenvalue weighted by molar-refractivity contribution is 7.91. The molecule has 2 aliphatic heterocycles. The predicted octanol–water partition coefficient (Wildman–Crippen LogP) is 7.84. The van der Waals surface area contributed by atoms with Crippen LogP contribution >= 0.6 is 0 Å². The van der Waals surface area contributed by atoms with Gasteiger partial charge in [-0.2, -0.15) is 0 Å². The van der Waals surface area contributed by atoms with Crippen LogP contribution in [0.1, 0.15) is 40.9 Å². The van der Waals surface area contributed by atoms with Crippen LogP contribution in [0.25, 0.3) is 11.1 Å². The molecule has 4 nitrogen and oxygen atoms in total. The molecule has 5 heteroatoms. The maximum atomic E-state index is 13.5. The molecule has 0 amide bonds. The Morgan fingerprint density at radius 1 is 0.564 bits per heavy atom. The fourth-order valence-electron chi connectivity index (χ4n) is 6.10. The summed E-state index contributed by atoms with van der Waals surface area (Å²) in [7, 11) is -3.79. The van der Waals surface area contributed by atoms with E-state index in [0.29, 0.717) is 0 Å². The number of fused-ring (bicyclic) bond motifs is 4. The summed E-state index contributed by atoms with van der Waals surface area (Å²) in [5.74, 6) is -0.273. The molecule has 0 spiro atoms. The average molecular weight is 528 g/mol. The van der Waals surface area contributed by atoms with E-state index in [1.165, 1.54) is 17.2 Å². The molecule has 5 aromatic rings. The van der Waals surface area contributed by atoms with Gasteiger partial charge in [0.25, 0.3) is 0 Å². The van der Waals surface area contributed by atoms with Crippen LogP contribution in [-0.4, -0.2) is 14.2 Å². The number of carbonyl (C=O) groups is 1. The lowest BCUT2D eigenvalue weighted by Crippen LogP contribution is -2.30. The molecule has 190 valence electrons. The van der Waals surface area contributed by atoms with Gasteiger partial charge in [-0.25, -0.2) is 8.42 Å². The molecule has 2 heterocycles. The highest BCUT2D eigenvalue weighted by atomic mass is 32.2. The normalized spacial score (nSPS) is 16.1. The Labute approximate surface area is 228 Å². The van der Waals surface area contributed by atoms with Gasteiger partial charge in [0.15, 0.2) is 5.78 Å². The van der Waals surface area contributed by atoms with Crippen LogP contribution in [0.4, 0.5) is 17.1 Å². The smallest absolute Gasteiger partial charge is 0.208 e. The Hall–Kier alpha value is -4.48. The van der Waals surface area contributed by atoms with E-state index in [1.54, 1.807) is 30.3 Å². The number of hydrogen-bond donors (Lipinski definition) is 0. The van der Waals surface area contributed by atoms with Gasteiger partial charge in [-0.3, -0.25) is 4.79 Å². The number of hydrogen-bond acceptors (Lipinski definition) is 4. The van der Waals surface area contributed by atoms with Crippen molar-refractivity contribution in [2.75, 3.05) is 4.90 Å². The molecule has 0 radical (unpaired) electrons. The lowest BCUT2D eigenvalue weighted by atomic mass is 9.73. The first-order chi connectivity index (χ1) is 18.8. The summed E-state index contributed by atoms with van der Waals surface area (Å²) in [6, 6.07) is 36.5. The second kappa shape index (κ2) is 8.26. The standard InChI is InChI=1S/C34H25NO3S/c1-34(2)26-13-5-8-16-29(26)35(30-17-9-6-14-27(30)34)28-15-7-3-11-23(28)22-19-20-32-25(21-22)33(36)24-12-4-10-18-31(24)39(32,37)38/h3-21H,1-2H3. The van der Waals surface area contributed by atoms with Gasteiger partial charge in [0.2, 0.25) is 9.84 Å². The first-order valence-corrected chi connectivity index (χ1v) is 14.4. The summed E-state index contributed by atoms with van der Waals surface area (Å²) in [6.07, 6.45) is 0. The third-order valence-corrected chi connectivity index (χ3v) is 9.90. The summed E-state index contributed by atoms with van der Waals surface area (Å²) in [4.78, 5) is 15.9. The molecule has 0 aliphatic carbocycles. The maximum Gasteiger partial charge on any atom is 0.208 e. The minimum Gasteiger partial charge on any atom is -0.309 e. The second-order valence-electron chi connectivity index (χ2n) is 10.6. The van der Waals surface area contributed by atoms with Crippen LogP contribution in [0.15, 0.2) is 125 Å². The topological polar surface area (TPSA) is 54.5 Å². The number of sulfone groups is 1. The van der Waals surface area contributed by atoms with Crippen molar-refractivity contribution >= 4 is 32.7 Å². The summed E-state index contributed by atoms with van der Waals surface area (Å²) < 4.78 is 26.8. The SMILES string of the molecule is CC1(C)c2ccccc2N(c2ccccc2-c2ccc3c(c2)C(=O)c2ccccc2S3(=O)=O)c2ccccc21. The molecule has 0 N–H and O–H groups in total. The van der Waals surface area contributed by atoms with Crippen molar-refractivity contribution in [2.24, 2.45) is 0 Å². The third kappa shape index (κ3) is 3.30. The van der Waals surface area contributed by atoms with E-state index in [9.17, 15) is 13.2 Å². The first-order valence-electron chi connectivity index (χ1n) is 12.9. The second-order valence-corrected chi connectivity index (χ2v) is 12.4. The Balaban J connectivity index is 1.45. The molecule has 5 aromatic carbocycles. The Morgan fingerprint density at radius 2 is 1.08 bits per heavy atom. The van der Waals surface area contributed by atoms with Crippen molar-refractivity contribution in [2.45, 2.75) is 29.1 Å². The van der Waals surface area contributed by atoms with Crippen molar-refractivity contribution < 1.29 is 13.2 Å². The van der Waals surface area contributed by atoms with Crippen LogP contribution in [0.2, 0.25) is 0 Å². The predicted molar refractivity (Wildman–Crippen MR) is 154 cm³/mol. The van der Waals surface area contributed by atoms with Gasteiger partial charge in [0.05, 0.1) is 26.9 Å². The molecule has 0 fully saturated rings. The number of carbonyl (C=O) groups excluding carboxylic acids is 1. The van der Waals surface area contributed by atoms with Crippen molar-refractivity contribution in [3.8, 4) is 11.1 Å². The van der Waals surface area contributed by atoms with Gasteiger partial charge in [-0.15, -0.1) is 0 Å². The van der Waals surface area contributed by atoms with Crippen LogP contribution < -0.4 is 4.90 Å². The number of nitrogens with zero attached hydrogens (tertiary/aromatic N) is 1. The van der Waals surface area contributed by atoms with E-state index in [-0.39, 0.29) is 32.1 Å². The van der Waals surface area contributed by atoms with E-state index in [2.05, 4.69) is 73.3 Å². The van der Waals surface area contributed by atoms with E-state index in [1.807, 2.05) is 24.3 Å². The van der Waals surface area contributed by atoms with Gasteiger partial charge in [0.1, 0.15) is 0 Å². The fourth-order valence-corrected chi connectivity index (χ4v) is 7.74. The lowest BCUT2D eigenvalue weighted by molar-refractivity contribution is 0.103. The molecule has 0 saturated carbocycles. The van der Waals surface area contributed by atoms with Crippen molar-refractivity contribution in [3.63, 3.8) is 0 Å². The quantitative estimate of drug-likeness (QED) is 0.230. The minimum atomic E-state index is -3.79. The van der Waals surface area contributed by atoms with Crippen LogP contribution in [0.5, 0.6) is 0 Å². The van der Waals surface area contributed by atoms with Crippen molar-refractivity contribution in [3.05, 3.63) is 138 Å². The molecule has 39 heavy (non-hydrogen) atoms. The highest BCUT2D eigenvalue weighted by Gasteiger charge is 2.38. The van der Waals surface area contributed by atoms with Gasteiger partial charge in [0, 0.05) is 22.1 Å². The van der Waals surface area contributed by atoms with Gasteiger partial charge in [-0.05, 0) is 59.2 Å². The van der Waals surface area contributed by atoms with E-state index in [0.717, 1.165) is 28.2 Å². The van der Waals surface area contributed by atoms with E-state index in [4.69, 9.17) is 0 Å². The summed E-state index contributed by atoms with van der Waals surface area (Å²) in [5, 5.41) is 0. The third-order valence-electron chi connectivity index (χ3n) is 8.03. The first kappa shape index (κ1) is 23.6. The van der Waals surface area contributed by atoms with Gasteiger partial charge < -0.3 is 4.90 Å². The van der Waals surface area contributed by atoms with Crippen LogP contribution in [0, 0.1) is 0 Å². The molecule has 7 rings (SSSR count). The molecule has 0 atom stereocenters. The average Bonchev–Trinajstić information content (AvgIpc) is 2.96. The minimum absolute atomic E-state index is 0.0582. The molecule has 0 bridgehead atoms. The van der Waals surface area contributed by atoms with E-state index < -0.39 is 9.84 Å². The monoisotopic (exact) mass is 527 g/mol. The molecule has 0 unspecified atom stereocenters. The Morgan fingerprint density at radius 3 is 1.74 bits per heavy atom. The Kier molecular flexibility index (Phi) is 5.00. The lowest BCUT2D eigenvalue weighted by Gasteiger charge is -2.42. The maximum absolute atomic E-state index is 13.5. The number of ketones is 1. The van der Waals surface area contributed by atoms with E-state index >= 15 is 0 Å². The number of rotatable bonds is 2. The largest absolute Gasteiger partial charge is 0.309 e. The number of anilines is 3. The van der Waals surface area contributed by atoms with Crippen LogP contribution in [0.3, 0.4) is 0 Å². The number of benzene rings is 5. The van der Waals surface area contributed by atoms with Gasteiger partial charge >= 0.3 is 0 Å². The number of para-hydroxylation sites is 3. The summed E-state index contributed by atoms with van der Waals surface area (Å²) in [5.41, 5.74) is 7.54.